The second-order valence-electron chi connectivity index (χ2n) is 8.08. The molecule has 0 aromatic heterocycles. The molecule has 130 valence electrons. The third-order valence-electron chi connectivity index (χ3n) is 5.92. The first kappa shape index (κ1) is 16.1. The second-order valence-corrected chi connectivity index (χ2v) is 8.08. The van der Waals surface area contributed by atoms with Gasteiger partial charge in [0.2, 0.25) is 5.91 Å². The zero-order valence-electron chi connectivity index (χ0n) is 14.8. The molecule has 0 spiro atoms. The van der Waals surface area contributed by atoms with Gasteiger partial charge in [0.1, 0.15) is 0 Å². The van der Waals surface area contributed by atoms with Gasteiger partial charge >= 0.3 is 0 Å². The number of nitrogens with zero attached hydrogens (tertiary/aromatic N) is 2. The summed E-state index contributed by atoms with van der Waals surface area (Å²) in [6.07, 6.45) is 3.34. The Labute approximate surface area is 144 Å². The SMILES string of the molecule is CC1(C)CN(C(=O)[C@H]2C[C@@H](c3ccccc3)N3CCC[C@H]23)CCO1. The fourth-order valence-electron chi connectivity index (χ4n) is 4.87. The number of amides is 1. The number of morpholine rings is 1. The lowest BCUT2D eigenvalue weighted by atomic mass is 9.92. The predicted octanol–water partition coefficient (Wildman–Crippen LogP) is 2.85. The van der Waals surface area contributed by atoms with Gasteiger partial charge in [-0.2, -0.15) is 0 Å². The topological polar surface area (TPSA) is 32.8 Å². The number of ether oxygens (including phenoxy) is 1. The first-order valence-electron chi connectivity index (χ1n) is 9.29. The molecule has 4 rings (SSSR count). The van der Waals surface area contributed by atoms with Crippen molar-refractivity contribution >= 4 is 5.91 Å². The van der Waals surface area contributed by atoms with E-state index in [-0.39, 0.29) is 11.5 Å². The van der Waals surface area contributed by atoms with E-state index >= 15 is 0 Å². The molecule has 3 atom stereocenters. The van der Waals surface area contributed by atoms with Crippen LogP contribution >= 0.6 is 0 Å². The highest BCUT2D eigenvalue weighted by Gasteiger charge is 2.48. The van der Waals surface area contributed by atoms with Crippen LogP contribution in [0.3, 0.4) is 0 Å². The lowest BCUT2D eigenvalue weighted by Crippen LogP contribution is -2.53. The van der Waals surface area contributed by atoms with E-state index in [0.29, 0.717) is 31.1 Å². The Morgan fingerprint density at radius 2 is 2.00 bits per heavy atom. The van der Waals surface area contributed by atoms with Gasteiger partial charge in [-0.05, 0) is 45.2 Å². The predicted molar refractivity (Wildman–Crippen MR) is 93.6 cm³/mol. The quantitative estimate of drug-likeness (QED) is 0.837. The van der Waals surface area contributed by atoms with Gasteiger partial charge in [-0.25, -0.2) is 0 Å². The van der Waals surface area contributed by atoms with Gasteiger partial charge in [-0.3, -0.25) is 9.69 Å². The minimum atomic E-state index is -0.222. The van der Waals surface area contributed by atoms with E-state index < -0.39 is 0 Å². The Bertz CT molecular complexity index is 601. The smallest absolute Gasteiger partial charge is 0.227 e. The average Bonchev–Trinajstić information content (AvgIpc) is 3.16. The first-order valence-corrected chi connectivity index (χ1v) is 9.29. The molecule has 0 unspecified atom stereocenters. The van der Waals surface area contributed by atoms with Crippen molar-refractivity contribution in [3.05, 3.63) is 35.9 Å². The molecule has 1 aromatic carbocycles. The van der Waals surface area contributed by atoms with Crippen molar-refractivity contribution in [1.29, 1.82) is 0 Å². The minimum absolute atomic E-state index is 0.145. The highest BCUT2D eigenvalue weighted by atomic mass is 16.5. The number of hydrogen-bond donors (Lipinski definition) is 0. The second kappa shape index (κ2) is 6.16. The Morgan fingerprint density at radius 1 is 1.21 bits per heavy atom. The van der Waals surface area contributed by atoms with Crippen LogP contribution in [0.15, 0.2) is 30.3 Å². The Hall–Kier alpha value is -1.39. The molecule has 24 heavy (non-hydrogen) atoms. The molecule has 0 N–H and O–H groups in total. The van der Waals surface area contributed by atoms with Crippen LogP contribution in [-0.4, -0.2) is 53.6 Å². The molecule has 0 radical (unpaired) electrons. The van der Waals surface area contributed by atoms with E-state index in [1.165, 1.54) is 12.0 Å². The summed E-state index contributed by atoms with van der Waals surface area (Å²) in [6.45, 7) is 7.39. The van der Waals surface area contributed by atoms with Crippen molar-refractivity contribution in [2.45, 2.75) is 50.8 Å². The van der Waals surface area contributed by atoms with Crippen LogP contribution < -0.4 is 0 Å². The lowest BCUT2D eigenvalue weighted by Gasteiger charge is -2.39. The van der Waals surface area contributed by atoms with E-state index in [2.05, 4.69) is 54.0 Å². The highest BCUT2D eigenvalue weighted by molar-refractivity contribution is 5.80. The van der Waals surface area contributed by atoms with Crippen LogP contribution in [-0.2, 0) is 9.53 Å². The summed E-state index contributed by atoms with van der Waals surface area (Å²) >= 11 is 0. The molecule has 4 heteroatoms. The number of fused-ring (bicyclic) bond motifs is 1. The Morgan fingerprint density at radius 3 is 2.75 bits per heavy atom. The number of rotatable bonds is 2. The van der Waals surface area contributed by atoms with Gasteiger partial charge in [0.15, 0.2) is 0 Å². The van der Waals surface area contributed by atoms with Gasteiger partial charge in [0, 0.05) is 25.2 Å². The highest BCUT2D eigenvalue weighted by Crippen LogP contribution is 2.45. The largest absolute Gasteiger partial charge is 0.372 e. The molecule has 3 aliphatic rings. The van der Waals surface area contributed by atoms with E-state index in [1.54, 1.807) is 0 Å². The maximum atomic E-state index is 13.3. The van der Waals surface area contributed by atoms with Crippen LogP contribution in [0.2, 0.25) is 0 Å². The molecule has 0 bridgehead atoms. The molecule has 1 amide bonds. The van der Waals surface area contributed by atoms with Gasteiger partial charge in [0.05, 0.1) is 18.1 Å². The molecule has 0 aliphatic carbocycles. The minimum Gasteiger partial charge on any atom is -0.372 e. The van der Waals surface area contributed by atoms with Crippen LogP contribution in [0.1, 0.15) is 44.7 Å². The summed E-state index contributed by atoms with van der Waals surface area (Å²) in [5.41, 5.74) is 1.14. The Balaban J connectivity index is 1.54. The third kappa shape index (κ3) is 2.86. The van der Waals surface area contributed by atoms with Gasteiger partial charge in [-0.1, -0.05) is 30.3 Å². The van der Waals surface area contributed by atoms with E-state index in [4.69, 9.17) is 4.74 Å². The molecule has 3 heterocycles. The maximum absolute atomic E-state index is 13.3. The van der Waals surface area contributed by atoms with E-state index in [9.17, 15) is 4.79 Å². The summed E-state index contributed by atoms with van der Waals surface area (Å²) in [4.78, 5) is 17.9. The van der Waals surface area contributed by atoms with Gasteiger partial charge in [-0.15, -0.1) is 0 Å². The van der Waals surface area contributed by atoms with Crippen molar-refractivity contribution in [3.63, 3.8) is 0 Å². The molecule has 4 nitrogen and oxygen atoms in total. The number of carbonyl (C=O) groups is 1. The fourth-order valence-corrected chi connectivity index (χ4v) is 4.87. The molecular weight excluding hydrogens is 300 g/mol. The van der Waals surface area contributed by atoms with Crippen molar-refractivity contribution in [2.24, 2.45) is 5.92 Å². The van der Waals surface area contributed by atoms with Gasteiger partial charge in [0.25, 0.3) is 0 Å². The van der Waals surface area contributed by atoms with Crippen LogP contribution in [0.4, 0.5) is 0 Å². The molecular formula is C20H28N2O2. The van der Waals surface area contributed by atoms with Crippen LogP contribution in [0, 0.1) is 5.92 Å². The molecule has 3 aliphatic heterocycles. The standard InChI is InChI=1S/C20H28N2O2/c1-20(2)14-21(11-12-24-20)19(23)16-13-18(15-7-4-3-5-8-15)22-10-6-9-17(16)22/h3-5,7-8,16-18H,6,9-14H2,1-2H3/t16-,17+,18-/m0/s1. The Kier molecular flexibility index (Phi) is 4.13. The molecule has 3 fully saturated rings. The monoisotopic (exact) mass is 328 g/mol. The maximum Gasteiger partial charge on any atom is 0.227 e. The summed E-state index contributed by atoms with van der Waals surface area (Å²) in [7, 11) is 0. The molecule has 1 aromatic rings. The summed E-state index contributed by atoms with van der Waals surface area (Å²) < 4.78 is 5.78. The van der Waals surface area contributed by atoms with E-state index in [1.807, 2.05) is 0 Å². The number of carbonyl (C=O) groups excluding carboxylic acids is 1. The summed E-state index contributed by atoms with van der Waals surface area (Å²) in [6, 6.07) is 11.5. The van der Waals surface area contributed by atoms with Crippen molar-refractivity contribution in [3.8, 4) is 0 Å². The zero-order valence-corrected chi connectivity index (χ0v) is 14.8. The molecule has 3 saturated heterocycles. The first-order chi connectivity index (χ1) is 11.6. The fraction of sp³-hybridized carbons (Fsp3) is 0.650. The summed E-state index contributed by atoms with van der Waals surface area (Å²) in [5.74, 6) is 0.494. The van der Waals surface area contributed by atoms with Crippen LogP contribution in [0.25, 0.3) is 0 Å². The zero-order chi connectivity index (χ0) is 16.7. The lowest BCUT2D eigenvalue weighted by molar-refractivity contribution is -0.150. The third-order valence-corrected chi connectivity index (χ3v) is 5.92. The van der Waals surface area contributed by atoms with Crippen molar-refractivity contribution < 1.29 is 9.53 Å². The summed E-state index contributed by atoms with van der Waals surface area (Å²) in [5, 5.41) is 0. The van der Waals surface area contributed by atoms with Crippen LogP contribution in [0.5, 0.6) is 0 Å². The number of hydrogen-bond acceptors (Lipinski definition) is 3. The van der Waals surface area contributed by atoms with Crippen molar-refractivity contribution in [2.75, 3.05) is 26.2 Å². The molecule has 0 saturated carbocycles. The van der Waals surface area contributed by atoms with Gasteiger partial charge < -0.3 is 9.64 Å². The average molecular weight is 328 g/mol. The van der Waals surface area contributed by atoms with E-state index in [0.717, 1.165) is 25.9 Å². The normalized spacial score (nSPS) is 32.8. The number of benzene rings is 1. The van der Waals surface area contributed by atoms with Crippen molar-refractivity contribution in [1.82, 2.24) is 9.80 Å².